The highest BCUT2D eigenvalue weighted by Crippen LogP contribution is 2.36. The van der Waals surface area contributed by atoms with Crippen LogP contribution in [0.1, 0.15) is 51.4 Å². The highest BCUT2D eigenvalue weighted by atomic mass is 16.5. The van der Waals surface area contributed by atoms with E-state index in [1.54, 1.807) is 0 Å². The second-order valence-corrected chi connectivity index (χ2v) is 7.54. The van der Waals surface area contributed by atoms with Crippen molar-refractivity contribution >= 4 is 0 Å². The molecule has 0 unspecified atom stereocenters. The third-order valence-electron chi connectivity index (χ3n) is 6.04. The second kappa shape index (κ2) is 7.98. The molecule has 3 atom stereocenters. The van der Waals surface area contributed by atoms with E-state index in [1.807, 2.05) is 23.1 Å². The van der Waals surface area contributed by atoms with Crippen LogP contribution in [0.3, 0.4) is 0 Å². The number of rotatable bonds is 6. The zero-order valence-electron chi connectivity index (χ0n) is 14.7. The lowest BCUT2D eigenvalue weighted by Crippen LogP contribution is -2.55. The summed E-state index contributed by atoms with van der Waals surface area (Å²) in [6, 6.07) is 3.37. The van der Waals surface area contributed by atoms with Crippen LogP contribution < -0.4 is 0 Å². The summed E-state index contributed by atoms with van der Waals surface area (Å²) in [5, 5.41) is 4.24. The van der Waals surface area contributed by atoms with Crippen LogP contribution in [0.15, 0.2) is 18.5 Å². The lowest BCUT2D eigenvalue weighted by molar-refractivity contribution is -0.124. The Morgan fingerprint density at radius 1 is 1.12 bits per heavy atom. The van der Waals surface area contributed by atoms with Crippen LogP contribution in [0.2, 0.25) is 0 Å². The van der Waals surface area contributed by atoms with Gasteiger partial charge in [0.05, 0.1) is 18.8 Å². The molecule has 134 valence electrons. The standard InChI is InChI=1S/C19H31N3O2/c1-2-6-16(7-3-1)22-13-15-24-19-17(22)8-9-18(19)23-14-5-12-21-11-4-10-20-21/h4,10-11,16-19H,1-3,5-9,12-15H2/t17-,18+,19+/m1/s1. The van der Waals surface area contributed by atoms with Crippen molar-refractivity contribution in [2.24, 2.45) is 0 Å². The third-order valence-corrected chi connectivity index (χ3v) is 6.04. The summed E-state index contributed by atoms with van der Waals surface area (Å²) < 4.78 is 14.3. The molecule has 2 heterocycles. The molecular weight excluding hydrogens is 302 g/mol. The summed E-state index contributed by atoms with van der Waals surface area (Å²) in [5.41, 5.74) is 0. The fraction of sp³-hybridized carbons (Fsp3) is 0.842. The van der Waals surface area contributed by atoms with Crippen LogP contribution >= 0.6 is 0 Å². The maximum absolute atomic E-state index is 6.21. The van der Waals surface area contributed by atoms with Crippen molar-refractivity contribution in [1.82, 2.24) is 14.7 Å². The first-order valence-electron chi connectivity index (χ1n) is 9.88. The Morgan fingerprint density at radius 3 is 2.88 bits per heavy atom. The van der Waals surface area contributed by atoms with Gasteiger partial charge in [-0.3, -0.25) is 9.58 Å². The molecule has 5 heteroatoms. The van der Waals surface area contributed by atoms with Gasteiger partial charge in [0.15, 0.2) is 0 Å². The summed E-state index contributed by atoms with van der Waals surface area (Å²) in [5.74, 6) is 0. The van der Waals surface area contributed by atoms with E-state index >= 15 is 0 Å². The van der Waals surface area contributed by atoms with Crippen molar-refractivity contribution in [2.45, 2.75) is 82.2 Å². The summed E-state index contributed by atoms with van der Waals surface area (Å²) in [6.45, 7) is 3.74. The van der Waals surface area contributed by atoms with Crippen molar-refractivity contribution < 1.29 is 9.47 Å². The van der Waals surface area contributed by atoms with Crippen LogP contribution in [0.4, 0.5) is 0 Å². The van der Waals surface area contributed by atoms with Crippen LogP contribution in [0, 0.1) is 0 Å². The van der Waals surface area contributed by atoms with Gasteiger partial charge < -0.3 is 9.47 Å². The fourth-order valence-corrected chi connectivity index (χ4v) is 4.88. The van der Waals surface area contributed by atoms with Crippen molar-refractivity contribution in [2.75, 3.05) is 19.8 Å². The Bertz CT molecular complexity index is 487. The monoisotopic (exact) mass is 333 g/mol. The summed E-state index contributed by atoms with van der Waals surface area (Å²) in [6.07, 6.45) is 14.9. The van der Waals surface area contributed by atoms with E-state index in [0.717, 1.165) is 45.2 Å². The van der Waals surface area contributed by atoms with Gasteiger partial charge in [-0.05, 0) is 38.2 Å². The van der Waals surface area contributed by atoms with Crippen molar-refractivity contribution in [1.29, 1.82) is 0 Å². The van der Waals surface area contributed by atoms with Gasteiger partial charge in [0.25, 0.3) is 0 Å². The van der Waals surface area contributed by atoms with Gasteiger partial charge >= 0.3 is 0 Å². The molecule has 0 radical (unpaired) electrons. The molecule has 1 aliphatic heterocycles. The molecule has 3 aliphatic rings. The van der Waals surface area contributed by atoms with Crippen LogP contribution in [-0.2, 0) is 16.0 Å². The minimum Gasteiger partial charge on any atom is -0.375 e. The number of hydrogen-bond acceptors (Lipinski definition) is 4. The number of fused-ring (bicyclic) bond motifs is 1. The molecule has 0 aromatic carbocycles. The number of hydrogen-bond donors (Lipinski definition) is 0. The molecule has 2 saturated carbocycles. The highest BCUT2D eigenvalue weighted by Gasteiger charge is 2.45. The molecule has 0 N–H and O–H groups in total. The van der Waals surface area contributed by atoms with Gasteiger partial charge in [-0.25, -0.2) is 0 Å². The summed E-state index contributed by atoms with van der Waals surface area (Å²) in [7, 11) is 0. The van der Waals surface area contributed by atoms with E-state index in [1.165, 1.54) is 38.5 Å². The summed E-state index contributed by atoms with van der Waals surface area (Å²) in [4.78, 5) is 2.78. The maximum atomic E-state index is 6.21. The second-order valence-electron chi connectivity index (χ2n) is 7.54. The molecule has 1 aromatic rings. The van der Waals surface area contributed by atoms with E-state index in [2.05, 4.69) is 10.00 Å². The normalized spacial score (nSPS) is 32.1. The first-order valence-corrected chi connectivity index (χ1v) is 9.88. The Morgan fingerprint density at radius 2 is 2.04 bits per heavy atom. The molecule has 0 spiro atoms. The first-order chi connectivity index (χ1) is 11.9. The largest absolute Gasteiger partial charge is 0.375 e. The molecule has 1 aromatic heterocycles. The number of ether oxygens (including phenoxy) is 2. The van der Waals surface area contributed by atoms with Crippen molar-refractivity contribution in [3.05, 3.63) is 18.5 Å². The number of aryl methyl sites for hydroxylation is 1. The fourth-order valence-electron chi connectivity index (χ4n) is 4.88. The zero-order chi connectivity index (χ0) is 16.2. The van der Waals surface area contributed by atoms with E-state index in [9.17, 15) is 0 Å². The van der Waals surface area contributed by atoms with Crippen LogP contribution in [-0.4, -0.2) is 58.7 Å². The molecule has 1 saturated heterocycles. The molecule has 5 nitrogen and oxygen atoms in total. The topological polar surface area (TPSA) is 39.5 Å². The summed E-state index contributed by atoms with van der Waals surface area (Å²) >= 11 is 0. The highest BCUT2D eigenvalue weighted by molar-refractivity contribution is 4.98. The molecule has 0 bridgehead atoms. The number of morpholine rings is 1. The molecule has 24 heavy (non-hydrogen) atoms. The van der Waals surface area contributed by atoms with E-state index in [4.69, 9.17) is 9.47 Å². The van der Waals surface area contributed by atoms with Crippen molar-refractivity contribution in [3.8, 4) is 0 Å². The van der Waals surface area contributed by atoms with Crippen molar-refractivity contribution in [3.63, 3.8) is 0 Å². The predicted octanol–water partition coefficient (Wildman–Crippen LogP) is 2.85. The third kappa shape index (κ3) is 3.68. The predicted molar refractivity (Wildman–Crippen MR) is 92.9 cm³/mol. The van der Waals surface area contributed by atoms with Crippen LogP contribution in [0.25, 0.3) is 0 Å². The minimum atomic E-state index is 0.291. The Balaban J connectivity index is 1.26. The zero-order valence-corrected chi connectivity index (χ0v) is 14.7. The lowest BCUT2D eigenvalue weighted by Gasteiger charge is -2.44. The molecular formula is C19H31N3O2. The van der Waals surface area contributed by atoms with E-state index < -0.39 is 0 Å². The minimum absolute atomic E-state index is 0.291. The number of nitrogens with zero attached hydrogens (tertiary/aromatic N) is 3. The van der Waals surface area contributed by atoms with E-state index in [0.29, 0.717) is 18.2 Å². The molecule has 0 amide bonds. The average Bonchev–Trinajstić information content (AvgIpc) is 3.29. The quantitative estimate of drug-likeness (QED) is 0.751. The molecule has 2 aliphatic carbocycles. The Labute approximate surface area is 145 Å². The van der Waals surface area contributed by atoms with Gasteiger partial charge in [-0.2, -0.15) is 5.10 Å². The van der Waals surface area contributed by atoms with Gasteiger partial charge in [-0.1, -0.05) is 19.3 Å². The smallest absolute Gasteiger partial charge is 0.0992 e. The first kappa shape index (κ1) is 16.6. The number of aromatic nitrogens is 2. The Hall–Kier alpha value is -0.910. The maximum Gasteiger partial charge on any atom is 0.0992 e. The molecule has 4 rings (SSSR count). The SMILES string of the molecule is c1cnn(CCCO[C@H]2CC[C@@H]3[C@@H]2OCCN3C2CCCCC2)c1. The van der Waals surface area contributed by atoms with Gasteiger partial charge in [0.2, 0.25) is 0 Å². The van der Waals surface area contributed by atoms with Gasteiger partial charge in [0.1, 0.15) is 0 Å². The van der Waals surface area contributed by atoms with E-state index in [-0.39, 0.29) is 0 Å². The molecule has 3 fully saturated rings. The average molecular weight is 333 g/mol. The lowest BCUT2D eigenvalue weighted by atomic mass is 9.92. The van der Waals surface area contributed by atoms with Gasteiger partial charge in [-0.15, -0.1) is 0 Å². The Kier molecular flexibility index (Phi) is 5.50. The van der Waals surface area contributed by atoms with Crippen LogP contribution in [0.5, 0.6) is 0 Å². The van der Waals surface area contributed by atoms with Gasteiger partial charge in [0, 0.05) is 44.2 Å².